The lowest BCUT2D eigenvalue weighted by Gasteiger charge is -2.21. The molecule has 0 saturated carbocycles. The van der Waals surface area contributed by atoms with Crippen LogP contribution in [0.5, 0.6) is 0 Å². The molecule has 0 unspecified atom stereocenters. The zero-order valence-corrected chi connectivity index (χ0v) is 19.1. The minimum absolute atomic E-state index is 0.271. The maximum absolute atomic E-state index is 13.1. The summed E-state index contributed by atoms with van der Waals surface area (Å²) in [6.45, 7) is 10.4. The van der Waals surface area contributed by atoms with E-state index in [-0.39, 0.29) is 9.81 Å². The fourth-order valence-electron chi connectivity index (χ4n) is 2.42. The number of ether oxygens (including phenoxy) is 1. The van der Waals surface area contributed by atoms with Crippen LogP contribution in [0.25, 0.3) is 0 Å². The molecule has 158 valence electrons. The van der Waals surface area contributed by atoms with Crippen LogP contribution in [-0.2, 0) is 19.1 Å². The predicted octanol–water partition coefficient (Wildman–Crippen LogP) is 5.08. The van der Waals surface area contributed by atoms with Gasteiger partial charge in [-0.05, 0) is 45.9 Å². The van der Waals surface area contributed by atoms with Crippen molar-refractivity contribution < 1.29 is 19.1 Å². The first kappa shape index (κ1) is 23.8. The summed E-state index contributed by atoms with van der Waals surface area (Å²) >= 11 is 2.37. The van der Waals surface area contributed by atoms with Crippen molar-refractivity contribution in [2.24, 2.45) is 0 Å². The molecule has 0 spiro atoms. The Bertz CT molecular complexity index is 924. The SMILES string of the molecule is C=CC(=CC=CC)SC1=C(Sc2ccccc2)C(=O)N(CC(=O)OC(C)(C)C)C1=O. The van der Waals surface area contributed by atoms with Crippen LogP contribution >= 0.6 is 23.5 Å². The van der Waals surface area contributed by atoms with E-state index >= 15 is 0 Å². The van der Waals surface area contributed by atoms with Crippen molar-refractivity contribution in [3.63, 3.8) is 0 Å². The summed E-state index contributed by atoms with van der Waals surface area (Å²) in [7, 11) is 0. The third kappa shape index (κ3) is 6.50. The van der Waals surface area contributed by atoms with Gasteiger partial charge in [0.25, 0.3) is 11.8 Å². The molecular weight excluding hydrogens is 418 g/mol. The zero-order valence-electron chi connectivity index (χ0n) is 17.5. The normalized spacial score (nSPS) is 15.3. The average Bonchev–Trinajstić information content (AvgIpc) is 2.89. The molecule has 0 atom stereocenters. The molecule has 0 bridgehead atoms. The van der Waals surface area contributed by atoms with Gasteiger partial charge in [-0.15, -0.1) is 0 Å². The summed E-state index contributed by atoms with van der Waals surface area (Å²) in [5.41, 5.74) is -0.708. The van der Waals surface area contributed by atoms with Crippen molar-refractivity contribution in [2.45, 2.75) is 38.2 Å². The maximum Gasteiger partial charge on any atom is 0.326 e. The number of carbonyl (C=O) groups excluding carboxylic acids is 3. The Morgan fingerprint density at radius 1 is 1.13 bits per heavy atom. The number of esters is 1. The monoisotopic (exact) mass is 443 g/mol. The standard InChI is InChI=1S/C23H25NO4S2/c1-6-8-12-16(7-2)29-19-20(30-17-13-10-9-11-14-17)22(27)24(21(19)26)15-18(25)28-23(3,4)5/h6-14H,2,15H2,1,3-5H3. The van der Waals surface area contributed by atoms with E-state index in [1.165, 1.54) is 11.8 Å². The number of nitrogens with zero attached hydrogens (tertiary/aromatic N) is 1. The summed E-state index contributed by atoms with van der Waals surface area (Å²) in [5, 5.41) is 0. The van der Waals surface area contributed by atoms with Gasteiger partial charge in [-0.1, -0.05) is 66.5 Å². The van der Waals surface area contributed by atoms with Crippen molar-refractivity contribution in [1.82, 2.24) is 4.90 Å². The second-order valence-electron chi connectivity index (χ2n) is 7.26. The van der Waals surface area contributed by atoms with Gasteiger partial charge < -0.3 is 4.74 Å². The van der Waals surface area contributed by atoms with Crippen molar-refractivity contribution in [1.29, 1.82) is 0 Å². The van der Waals surface area contributed by atoms with Crippen LogP contribution in [0.4, 0.5) is 0 Å². The average molecular weight is 444 g/mol. The lowest BCUT2D eigenvalue weighted by molar-refractivity contribution is -0.160. The van der Waals surface area contributed by atoms with E-state index in [0.29, 0.717) is 0 Å². The molecule has 0 saturated heterocycles. The van der Waals surface area contributed by atoms with E-state index in [1.54, 1.807) is 26.8 Å². The highest BCUT2D eigenvalue weighted by Gasteiger charge is 2.41. The Kier molecular flexibility index (Phi) is 8.32. The van der Waals surface area contributed by atoms with E-state index in [1.807, 2.05) is 55.5 Å². The summed E-state index contributed by atoms with van der Waals surface area (Å²) in [6.07, 6.45) is 7.11. The van der Waals surface area contributed by atoms with Crippen molar-refractivity contribution in [3.05, 3.63) is 75.9 Å². The van der Waals surface area contributed by atoms with Crippen LogP contribution in [0.15, 0.2) is 80.8 Å². The van der Waals surface area contributed by atoms with Crippen molar-refractivity contribution >= 4 is 41.3 Å². The van der Waals surface area contributed by atoms with Gasteiger partial charge in [0.2, 0.25) is 0 Å². The summed E-state index contributed by atoms with van der Waals surface area (Å²) in [6, 6.07) is 9.31. The lowest BCUT2D eigenvalue weighted by atomic mass is 10.2. The summed E-state index contributed by atoms with van der Waals surface area (Å²) in [4.78, 5) is 41.4. The van der Waals surface area contributed by atoms with Crippen molar-refractivity contribution in [2.75, 3.05) is 6.54 Å². The number of amides is 2. The molecule has 5 nitrogen and oxygen atoms in total. The van der Waals surface area contributed by atoms with Crippen LogP contribution in [0.2, 0.25) is 0 Å². The number of hydrogen-bond donors (Lipinski definition) is 0. The number of imide groups is 1. The highest BCUT2D eigenvalue weighted by molar-refractivity contribution is 8.10. The number of hydrogen-bond acceptors (Lipinski definition) is 6. The van der Waals surface area contributed by atoms with Gasteiger partial charge in [0, 0.05) is 9.80 Å². The highest BCUT2D eigenvalue weighted by Crippen LogP contribution is 2.42. The Morgan fingerprint density at radius 2 is 1.77 bits per heavy atom. The molecular formula is C23H25NO4S2. The molecule has 1 heterocycles. The molecule has 2 amide bonds. The van der Waals surface area contributed by atoms with Crippen LogP contribution < -0.4 is 0 Å². The van der Waals surface area contributed by atoms with E-state index in [2.05, 4.69) is 6.58 Å². The predicted molar refractivity (Wildman–Crippen MR) is 123 cm³/mol. The fraction of sp³-hybridized carbons (Fsp3) is 0.261. The molecule has 7 heteroatoms. The molecule has 0 aromatic heterocycles. The van der Waals surface area contributed by atoms with Crippen LogP contribution in [0, 0.1) is 0 Å². The molecule has 0 N–H and O–H groups in total. The molecule has 1 aromatic rings. The second-order valence-corrected chi connectivity index (χ2v) is 9.42. The van der Waals surface area contributed by atoms with E-state index in [0.717, 1.165) is 26.5 Å². The van der Waals surface area contributed by atoms with Crippen LogP contribution in [0.1, 0.15) is 27.7 Å². The number of benzene rings is 1. The third-order valence-electron chi connectivity index (χ3n) is 3.63. The molecule has 30 heavy (non-hydrogen) atoms. The summed E-state index contributed by atoms with van der Waals surface area (Å²) < 4.78 is 5.29. The lowest BCUT2D eigenvalue weighted by Crippen LogP contribution is -2.39. The number of rotatable bonds is 8. The van der Waals surface area contributed by atoms with E-state index < -0.39 is 29.9 Å². The van der Waals surface area contributed by atoms with E-state index in [4.69, 9.17) is 4.74 Å². The van der Waals surface area contributed by atoms with Gasteiger partial charge in [0.1, 0.15) is 12.1 Å². The van der Waals surface area contributed by atoms with E-state index in [9.17, 15) is 14.4 Å². The first-order valence-corrected chi connectivity index (χ1v) is 11.0. The van der Waals surface area contributed by atoms with Gasteiger partial charge in [-0.25, -0.2) is 0 Å². The minimum Gasteiger partial charge on any atom is -0.459 e. The Labute approximate surface area is 185 Å². The molecule has 1 aliphatic rings. The minimum atomic E-state index is -0.708. The van der Waals surface area contributed by atoms with Gasteiger partial charge in [0.15, 0.2) is 0 Å². The van der Waals surface area contributed by atoms with Crippen molar-refractivity contribution in [3.8, 4) is 0 Å². The third-order valence-corrected chi connectivity index (χ3v) is 5.97. The molecule has 1 aliphatic heterocycles. The molecule has 0 radical (unpaired) electrons. The number of thioether (sulfide) groups is 2. The first-order valence-electron chi connectivity index (χ1n) is 9.34. The maximum atomic E-state index is 13.1. The fourth-order valence-corrected chi connectivity index (χ4v) is 4.42. The molecule has 0 aliphatic carbocycles. The van der Waals surface area contributed by atoms with Gasteiger partial charge in [0.05, 0.1) is 9.81 Å². The van der Waals surface area contributed by atoms with Crippen LogP contribution in [0.3, 0.4) is 0 Å². The second kappa shape index (κ2) is 10.5. The highest BCUT2D eigenvalue weighted by atomic mass is 32.2. The largest absolute Gasteiger partial charge is 0.459 e. The smallest absolute Gasteiger partial charge is 0.326 e. The van der Waals surface area contributed by atoms with Gasteiger partial charge >= 0.3 is 5.97 Å². The summed E-state index contributed by atoms with van der Waals surface area (Å²) in [5.74, 6) is -1.65. The Hall–Kier alpha value is -2.51. The van der Waals surface area contributed by atoms with Crippen LogP contribution in [-0.4, -0.2) is 34.8 Å². The van der Waals surface area contributed by atoms with Gasteiger partial charge in [-0.3, -0.25) is 19.3 Å². The first-order chi connectivity index (χ1) is 14.2. The quantitative estimate of drug-likeness (QED) is 0.317. The molecule has 2 rings (SSSR count). The zero-order chi connectivity index (χ0) is 22.3. The topological polar surface area (TPSA) is 63.7 Å². The van der Waals surface area contributed by atoms with Gasteiger partial charge in [-0.2, -0.15) is 0 Å². The molecule has 0 fully saturated rings. The number of allylic oxidation sites excluding steroid dienone is 4. The Morgan fingerprint density at radius 3 is 2.33 bits per heavy atom. The Balaban J connectivity index is 2.36. The molecule has 1 aromatic carbocycles. The number of carbonyl (C=O) groups is 3.